The van der Waals surface area contributed by atoms with E-state index in [1.165, 1.54) is 36.2 Å². The van der Waals surface area contributed by atoms with E-state index >= 15 is 0 Å². The van der Waals surface area contributed by atoms with Crippen molar-refractivity contribution < 1.29 is 27.9 Å². The molecule has 0 fully saturated rings. The number of carboxylic acid groups (broad SMARTS) is 1. The molecule has 1 unspecified atom stereocenters. The van der Waals surface area contributed by atoms with Crippen molar-refractivity contribution in [3.63, 3.8) is 0 Å². The lowest BCUT2D eigenvalue weighted by molar-refractivity contribution is -0.135. The predicted octanol–water partition coefficient (Wildman–Crippen LogP) is 5.20. The molecule has 236 valence electrons. The molecule has 12 heteroatoms. The van der Waals surface area contributed by atoms with Crippen LogP contribution in [-0.4, -0.2) is 54.7 Å². The lowest BCUT2D eigenvalue weighted by Gasteiger charge is -2.26. The number of rotatable bonds is 12. The van der Waals surface area contributed by atoms with E-state index in [-0.39, 0.29) is 22.8 Å². The fourth-order valence-corrected chi connectivity index (χ4v) is 5.69. The van der Waals surface area contributed by atoms with Gasteiger partial charge in [0.2, 0.25) is 10.0 Å². The highest BCUT2D eigenvalue weighted by molar-refractivity contribution is 7.89. The molecule has 0 spiro atoms. The van der Waals surface area contributed by atoms with Crippen molar-refractivity contribution in [3.05, 3.63) is 114 Å². The second-order valence-electron chi connectivity index (χ2n) is 11.5. The van der Waals surface area contributed by atoms with E-state index in [1.54, 1.807) is 32.9 Å². The summed E-state index contributed by atoms with van der Waals surface area (Å²) in [7, 11) is -2.04. The Morgan fingerprint density at radius 3 is 2.27 bits per heavy atom. The predicted molar refractivity (Wildman–Crippen MR) is 171 cm³/mol. The molecule has 0 aliphatic carbocycles. The van der Waals surface area contributed by atoms with Crippen LogP contribution >= 0.6 is 0 Å². The molecule has 4 rings (SSSR count). The number of hydrogen-bond donors (Lipinski definition) is 2. The van der Waals surface area contributed by atoms with Gasteiger partial charge in [0.25, 0.3) is 0 Å². The van der Waals surface area contributed by atoms with Crippen LogP contribution in [0.2, 0.25) is 0 Å². The summed E-state index contributed by atoms with van der Waals surface area (Å²) in [5.41, 5.74) is 2.38. The summed E-state index contributed by atoms with van der Waals surface area (Å²) in [6, 6.07) is 24.6. The van der Waals surface area contributed by atoms with Gasteiger partial charge in [-0.3, -0.25) is 14.7 Å². The molecule has 45 heavy (non-hydrogen) atoms. The van der Waals surface area contributed by atoms with E-state index in [1.807, 2.05) is 49.5 Å². The number of sulfonamides is 1. The van der Waals surface area contributed by atoms with Crippen molar-refractivity contribution in [1.29, 1.82) is 0 Å². The number of amides is 1. The Labute approximate surface area is 263 Å². The number of aromatic nitrogens is 2. The zero-order chi connectivity index (χ0) is 32.6. The molecular formula is C33H37N5O6S. The molecule has 0 bridgehead atoms. The van der Waals surface area contributed by atoms with Crippen LogP contribution in [0.3, 0.4) is 0 Å². The van der Waals surface area contributed by atoms with Gasteiger partial charge in [-0.2, -0.15) is 0 Å². The van der Waals surface area contributed by atoms with Gasteiger partial charge >= 0.3 is 12.1 Å². The van der Waals surface area contributed by atoms with Crippen LogP contribution in [0.1, 0.15) is 43.6 Å². The Hall–Kier alpha value is -4.81. The molecule has 2 aromatic carbocycles. The molecule has 2 aromatic heterocycles. The third kappa shape index (κ3) is 9.59. The van der Waals surface area contributed by atoms with Crippen LogP contribution in [0.15, 0.2) is 102 Å². The quantitative estimate of drug-likeness (QED) is 0.216. The Balaban J connectivity index is 1.65. The largest absolute Gasteiger partial charge is 0.480 e. The van der Waals surface area contributed by atoms with Crippen LogP contribution in [-0.2, 0) is 32.5 Å². The topological polar surface area (TPSA) is 142 Å². The average Bonchev–Trinajstić information content (AvgIpc) is 3.00. The van der Waals surface area contributed by atoms with Gasteiger partial charge in [0, 0.05) is 31.7 Å². The number of pyridine rings is 2. The zero-order valence-corrected chi connectivity index (χ0v) is 26.4. The Bertz CT molecular complexity index is 1700. The normalized spacial score (nSPS) is 12.3. The highest BCUT2D eigenvalue weighted by Gasteiger charge is 2.28. The summed E-state index contributed by atoms with van der Waals surface area (Å²) in [6.07, 6.45) is 2.05. The summed E-state index contributed by atoms with van der Waals surface area (Å²) in [6.45, 7) is 5.02. The van der Waals surface area contributed by atoms with Crippen LogP contribution in [0.25, 0.3) is 0 Å². The number of nitrogens with one attached hydrogen (secondary N) is 1. The second kappa shape index (κ2) is 14.3. The molecule has 0 saturated heterocycles. The van der Waals surface area contributed by atoms with Crippen molar-refractivity contribution in [3.8, 4) is 0 Å². The third-order valence-corrected chi connectivity index (χ3v) is 8.08. The maximum atomic E-state index is 13.4. The molecule has 2 heterocycles. The maximum Gasteiger partial charge on any atom is 0.416 e. The molecule has 0 radical (unpaired) electrons. The van der Waals surface area contributed by atoms with Gasteiger partial charge in [0.15, 0.2) is 0 Å². The lowest BCUT2D eigenvalue weighted by atomic mass is 10.0. The number of nitrogens with zero attached hydrogens (tertiary/aromatic N) is 4. The molecule has 0 saturated carbocycles. The SMILES string of the molecule is CN(Cc1ccccc1)c1ccc(CC(NS(=O)(=O)c2cccnc2)c2cccc(N(CC(=O)O)C(=O)OC(C)(C)C)n2)cc1. The molecule has 1 atom stereocenters. The minimum absolute atomic E-state index is 0.00705. The van der Waals surface area contributed by atoms with E-state index in [4.69, 9.17) is 4.74 Å². The van der Waals surface area contributed by atoms with Gasteiger partial charge in [-0.05, 0) is 74.7 Å². The molecule has 11 nitrogen and oxygen atoms in total. The first-order chi connectivity index (χ1) is 21.3. The van der Waals surface area contributed by atoms with E-state index < -0.39 is 40.3 Å². The fourth-order valence-electron chi connectivity index (χ4n) is 4.51. The van der Waals surface area contributed by atoms with Crippen LogP contribution in [0, 0.1) is 0 Å². The smallest absolute Gasteiger partial charge is 0.416 e. The van der Waals surface area contributed by atoms with Crippen molar-refractivity contribution >= 4 is 33.6 Å². The van der Waals surface area contributed by atoms with Gasteiger partial charge < -0.3 is 14.7 Å². The molecular weight excluding hydrogens is 594 g/mol. The number of aliphatic carboxylic acids is 1. The number of carbonyl (C=O) groups excluding carboxylic acids is 1. The second-order valence-corrected chi connectivity index (χ2v) is 13.2. The Morgan fingerprint density at radius 2 is 1.64 bits per heavy atom. The van der Waals surface area contributed by atoms with E-state index in [9.17, 15) is 23.1 Å². The fraction of sp³-hybridized carbons (Fsp3) is 0.273. The minimum Gasteiger partial charge on any atom is -0.480 e. The van der Waals surface area contributed by atoms with Gasteiger partial charge in [0.1, 0.15) is 22.9 Å². The Kier molecular flexibility index (Phi) is 10.5. The first kappa shape index (κ1) is 33.1. The van der Waals surface area contributed by atoms with Crippen molar-refractivity contribution in [1.82, 2.24) is 14.7 Å². The molecule has 1 amide bonds. The van der Waals surface area contributed by atoms with Crippen LogP contribution < -0.4 is 14.5 Å². The molecule has 2 N–H and O–H groups in total. The van der Waals surface area contributed by atoms with E-state index in [2.05, 4.69) is 31.7 Å². The summed E-state index contributed by atoms with van der Waals surface area (Å²) in [4.78, 5) is 36.1. The third-order valence-electron chi connectivity index (χ3n) is 6.62. The van der Waals surface area contributed by atoms with Gasteiger partial charge in [-0.1, -0.05) is 48.5 Å². The zero-order valence-electron chi connectivity index (χ0n) is 25.6. The summed E-state index contributed by atoms with van der Waals surface area (Å²) in [5, 5.41) is 9.51. The molecule has 0 aliphatic rings. The summed E-state index contributed by atoms with van der Waals surface area (Å²) in [5.74, 6) is -1.26. The van der Waals surface area contributed by atoms with E-state index in [0.29, 0.717) is 0 Å². The highest BCUT2D eigenvalue weighted by atomic mass is 32.2. The monoisotopic (exact) mass is 631 g/mol. The van der Waals surface area contributed by atoms with Crippen LogP contribution in [0.5, 0.6) is 0 Å². The van der Waals surface area contributed by atoms with Crippen molar-refractivity contribution in [2.45, 2.75) is 50.3 Å². The molecule has 4 aromatic rings. The Morgan fingerprint density at radius 1 is 0.933 bits per heavy atom. The van der Waals surface area contributed by atoms with Gasteiger partial charge in [-0.25, -0.2) is 22.9 Å². The van der Waals surface area contributed by atoms with Gasteiger partial charge in [-0.15, -0.1) is 0 Å². The number of carbonyl (C=O) groups is 2. The minimum atomic E-state index is -4.04. The van der Waals surface area contributed by atoms with Crippen molar-refractivity contribution in [2.75, 3.05) is 23.4 Å². The number of benzene rings is 2. The number of carboxylic acids is 1. The first-order valence-corrected chi connectivity index (χ1v) is 15.7. The van der Waals surface area contributed by atoms with Crippen molar-refractivity contribution in [2.24, 2.45) is 0 Å². The number of anilines is 2. The number of hydrogen-bond acceptors (Lipinski definition) is 8. The maximum absolute atomic E-state index is 13.4. The van der Waals surface area contributed by atoms with Gasteiger partial charge in [0.05, 0.1) is 11.7 Å². The molecule has 0 aliphatic heterocycles. The highest BCUT2D eigenvalue weighted by Crippen LogP contribution is 2.25. The lowest BCUT2D eigenvalue weighted by Crippen LogP contribution is -2.40. The summed E-state index contributed by atoms with van der Waals surface area (Å²) >= 11 is 0. The first-order valence-electron chi connectivity index (χ1n) is 14.3. The standard InChI is InChI=1S/C33H37N5O6S/c1-33(2,3)44-32(41)38(23-31(39)40)30-14-8-13-28(35-30)29(36-45(42,43)27-12-9-19-34-21-27)20-24-15-17-26(18-16-24)37(4)22-25-10-6-5-7-11-25/h5-19,21,29,36H,20,22-23H2,1-4H3,(H,39,40). The number of ether oxygens (including phenoxy) is 1. The van der Waals surface area contributed by atoms with E-state index in [0.717, 1.165) is 22.7 Å². The average molecular weight is 632 g/mol. The summed E-state index contributed by atoms with van der Waals surface area (Å²) < 4.78 is 35.0. The van der Waals surface area contributed by atoms with Crippen LogP contribution in [0.4, 0.5) is 16.3 Å².